The zero-order chi connectivity index (χ0) is 16.1. The Bertz CT molecular complexity index is 547. The highest BCUT2D eigenvalue weighted by Gasteiger charge is 2.36. The Balaban J connectivity index is 0.00000264. The molecule has 1 aliphatic heterocycles. The van der Waals surface area contributed by atoms with Crippen molar-refractivity contribution in [2.45, 2.75) is 27.3 Å². The van der Waals surface area contributed by atoms with Crippen LogP contribution < -0.4 is 5.32 Å². The van der Waals surface area contributed by atoms with Crippen LogP contribution in [-0.2, 0) is 16.1 Å². The summed E-state index contributed by atoms with van der Waals surface area (Å²) in [5.41, 5.74) is 0. The van der Waals surface area contributed by atoms with Gasteiger partial charge in [0.1, 0.15) is 0 Å². The van der Waals surface area contributed by atoms with Crippen LogP contribution in [-0.4, -0.2) is 43.6 Å². The van der Waals surface area contributed by atoms with E-state index in [1.165, 1.54) is 16.9 Å². The van der Waals surface area contributed by atoms with E-state index in [1.54, 1.807) is 11.3 Å². The molecule has 0 aliphatic carbocycles. The predicted octanol–water partition coefficient (Wildman–Crippen LogP) is 2.88. The van der Waals surface area contributed by atoms with Crippen molar-refractivity contribution in [2.75, 3.05) is 26.7 Å². The fraction of sp³-hybridized carbons (Fsp3) is 0.625. The average molecular weight is 451 g/mol. The van der Waals surface area contributed by atoms with Crippen molar-refractivity contribution in [1.82, 2.24) is 10.2 Å². The van der Waals surface area contributed by atoms with Gasteiger partial charge in [-0.1, -0.05) is 6.92 Å². The van der Waals surface area contributed by atoms with Crippen LogP contribution in [0, 0.1) is 18.8 Å². The minimum absolute atomic E-state index is 0. The summed E-state index contributed by atoms with van der Waals surface area (Å²) < 4.78 is 4.90. The van der Waals surface area contributed by atoms with E-state index in [1.807, 2.05) is 0 Å². The summed E-state index contributed by atoms with van der Waals surface area (Å²) in [6.45, 7) is 9.24. The summed E-state index contributed by atoms with van der Waals surface area (Å²) in [5.74, 6) is 0.963. The van der Waals surface area contributed by atoms with Gasteiger partial charge in [0.2, 0.25) is 0 Å². The van der Waals surface area contributed by atoms with Crippen LogP contribution in [0.2, 0.25) is 0 Å². The van der Waals surface area contributed by atoms with Crippen LogP contribution in [0.1, 0.15) is 23.6 Å². The fourth-order valence-corrected chi connectivity index (χ4v) is 3.56. The number of hydrogen-bond acceptors (Lipinski definition) is 4. The lowest BCUT2D eigenvalue weighted by molar-refractivity contribution is -0.145. The van der Waals surface area contributed by atoms with Crippen molar-refractivity contribution >= 4 is 47.2 Å². The van der Waals surface area contributed by atoms with E-state index in [9.17, 15) is 4.79 Å². The molecule has 0 aromatic carbocycles. The van der Waals surface area contributed by atoms with E-state index in [2.05, 4.69) is 43.1 Å². The molecule has 0 saturated carbocycles. The first-order chi connectivity index (χ1) is 10.5. The van der Waals surface area contributed by atoms with Crippen molar-refractivity contribution in [3.05, 3.63) is 21.9 Å². The first kappa shape index (κ1) is 20.2. The van der Waals surface area contributed by atoms with Crippen LogP contribution in [0.4, 0.5) is 0 Å². The topological polar surface area (TPSA) is 53.9 Å². The van der Waals surface area contributed by atoms with E-state index in [0.717, 1.165) is 19.0 Å². The number of hydrogen-bond donors (Lipinski definition) is 1. The number of carbonyl (C=O) groups excluding carboxylic acids is 1. The molecule has 130 valence electrons. The summed E-state index contributed by atoms with van der Waals surface area (Å²) in [6, 6.07) is 4.24. The van der Waals surface area contributed by atoms with Gasteiger partial charge in [0.25, 0.3) is 0 Å². The third-order valence-electron chi connectivity index (χ3n) is 3.93. The van der Waals surface area contributed by atoms with Crippen LogP contribution in [0.5, 0.6) is 0 Å². The van der Waals surface area contributed by atoms with E-state index in [-0.39, 0.29) is 41.8 Å². The van der Waals surface area contributed by atoms with Gasteiger partial charge in [0.15, 0.2) is 5.96 Å². The molecule has 1 fully saturated rings. The van der Waals surface area contributed by atoms with Gasteiger partial charge in [0, 0.05) is 29.4 Å². The van der Waals surface area contributed by atoms with E-state index >= 15 is 0 Å². The molecule has 1 aromatic heterocycles. The standard InChI is InChI=1S/C16H25N3O2S.HI/c1-5-17-16(18-8-13-7-6-12(3)22-13)19-9-11(2)14(10-19)15(20)21-4;/h6-7,11,14H,5,8-10H2,1-4H3,(H,17,18);1H. The minimum atomic E-state index is -0.125. The molecule has 0 spiro atoms. The van der Waals surface area contributed by atoms with Gasteiger partial charge < -0.3 is 15.0 Å². The zero-order valence-electron chi connectivity index (χ0n) is 14.2. The molecular weight excluding hydrogens is 425 g/mol. The first-order valence-electron chi connectivity index (χ1n) is 7.71. The van der Waals surface area contributed by atoms with Crippen molar-refractivity contribution in [2.24, 2.45) is 16.8 Å². The number of esters is 1. The van der Waals surface area contributed by atoms with Gasteiger partial charge in [-0.15, -0.1) is 35.3 Å². The number of carbonyl (C=O) groups is 1. The summed E-state index contributed by atoms with van der Waals surface area (Å²) in [4.78, 5) is 21.3. The number of halogens is 1. The number of aryl methyl sites for hydroxylation is 1. The number of nitrogens with zero attached hydrogens (tertiary/aromatic N) is 2. The second kappa shape index (κ2) is 9.46. The Hall–Kier alpha value is -0.830. The van der Waals surface area contributed by atoms with Gasteiger partial charge in [-0.05, 0) is 31.9 Å². The second-order valence-corrected chi connectivity index (χ2v) is 7.07. The molecule has 0 bridgehead atoms. The number of ether oxygens (including phenoxy) is 1. The van der Waals surface area contributed by atoms with Gasteiger partial charge in [-0.2, -0.15) is 0 Å². The molecule has 2 atom stereocenters. The van der Waals surface area contributed by atoms with Gasteiger partial charge >= 0.3 is 5.97 Å². The lowest BCUT2D eigenvalue weighted by Crippen LogP contribution is -2.40. The van der Waals surface area contributed by atoms with Crippen molar-refractivity contribution in [3.63, 3.8) is 0 Å². The molecule has 5 nitrogen and oxygen atoms in total. The molecular formula is C16H26IN3O2S. The Kier molecular flexibility index (Phi) is 8.32. The minimum Gasteiger partial charge on any atom is -0.469 e. The van der Waals surface area contributed by atoms with Crippen LogP contribution >= 0.6 is 35.3 Å². The molecule has 23 heavy (non-hydrogen) atoms. The smallest absolute Gasteiger partial charge is 0.310 e. The summed E-state index contributed by atoms with van der Waals surface area (Å²) >= 11 is 1.77. The lowest BCUT2D eigenvalue weighted by atomic mass is 9.99. The molecule has 1 aliphatic rings. The van der Waals surface area contributed by atoms with Crippen LogP contribution in [0.15, 0.2) is 17.1 Å². The summed E-state index contributed by atoms with van der Waals surface area (Å²) in [5, 5.41) is 3.33. The summed E-state index contributed by atoms with van der Waals surface area (Å²) in [7, 11) is 1.45. The maximum atomic E-state index is 11.8. The quantitative estimate of drug-likeness (QED) is 0.331. The highest BCUT2D eigenvalue weighted by Crippen LogP contribution is 2.24. The third-order valence-corrected chi connectivity index (χ3v) is 4.92. The normalized spacial score (nSPS) is 21.0. The fourth-order valence-electron chi connectivity index (χ4n) is 2.75. The van der Waals surface area contributed by atoms with Crippen LogP contribution in [0.3, 0.4) is 0 Å². The zero-order valence-corrected chi connectivity index (χ0v) is 17.3. The first-order valence-corrected chi connectivity index (χ1v) is 8.53. The SMILES string of the molecule is CCNC(=NCc1ccc(C)s1)N1CC(C)C(C(=O)OC)C1.I. The number of likely N-dealkylation sites (tertiary alicyclic amines) is 1. The Labute approximate surface area is 159 Å². The molecule has 2 heterocycles. The van der Waals surface area contributed by atoms with E-state index in [0.29, 0.717) is 13.1 Å². The molecule has 1 N–H and O–H groups in total. The number of aliphatic imine (C=N–C) groups is 1. The largest absolute Gasteiger partial charge is 0.469 e. The molecule has 1 saturated heterocycles. The molecule has 7 heteroatoms. The molecule has 0 amide bonds. The molecule has 2 rings (SSSR count). The van der Waals surface area contributed by atoms with Crippen molar-refractivity contribution < 1.29 is 9.53 Å². The highest BCUT2D eigenvalue weighted by atomic mass is 127. The van der Waals surface area contributed by atoms with Crippen LogP contribution in [0.25, 0.3) is 0 Å². The maximum Gasteiger partial charge on any atom is 0.310 e. The molecule has 1 aromatic rings. The van der Waals surface area contributed by atoms with Gasteiger partial charge in [-0.25, -0.2) is 4.99 Å². The number of nitrogens with one attached hydrogen (secondary N) is 1. The highest BCUT2D eigenvalue weighted by molar-refractivity contribution is 14.0. The van der Waals surface area contributed by atoms with E-state index in [4.69, 9.17) is 9.73 Å². The molecule has 2 unspecified atom stereocenters. The number of guanidine groups is 1. The van der Waals surface area contributed by atoms with Gasteiger partial charge in [0.05, 0.1) is 19.6 Å². The van der Waals surface area contributed by atoms with Crippen molar-refractivity contribution in [1.29, 1.82) is 0 Å². The van der Waals surface area contributed by atoms with Crippen molar-refractivity contribution in [3.8, 4) is 0 Å². The van der Waals surface area contributed by atoms with E-state index < -0.39 is 0 Å². The average Bonchev–Trinajstić information content (AvgIpc) is 3.08. The van der Waals surface area contributed by atoms with Gasteiger partial charge in [-0.3, -0.25) is 4.79 Å². The maximum absolute atomic E-state index is 11.8. The Morgan fingerprint density at radius 2 is 2.22 bits per heavy atom. The second-order valence-electron chi connectivity index (χ2n) is 5.69. The monoisotopic (exact) mass is 451 g/mol. The number of methoxy groups -OCH3 is 1. The Morgan fingerprint density at radius 3 is 2.78 bits per heavy atom. The lowest BCUT2D eigenvalue weighted by Gasteiger charge is -2.21. The number of rotatable bonds is 4. The predicted molar refractivity (Wildman–Crippen MR) is 106 cm³/mol. The number of thiophene rings is 1. The Morgan fingerprint density at radius 1 is 1.48 bits per heavy atom. The molecule has 0 radical (unpaired) electrons. The summed E-state index contributed by atoms with van der Waals surface area (Å²) in [6.07, 6.45) is 0. The third kappa shape index (κ3) is 5.34.